The molecular formula is C22H21ClN2O5S. The minimum absolute atomic E-state index is 0.0202. The second kappa shape index (κ2) is 10.2. The standard InChI is InChI=1S/C22H21ClN2O5S/c1-29-17-8-10-18(11-9-17)30-15-14-24-22(26)16-6-12-19(13-7-16)31(27,28)25-21-5-3-2-4-20(21)23/h2-13,25H,14-15H2,1H3,(H,24,26). The molecule has 3 aromatic carbocycles. The van der Waals surface area contributed by atoms with Crippen LogP contribution in [-0.2, 0) is 10.0 Å². The third-order valence-corrected chi connectivity index (χ3v) is 5.97. The van der Waals surface area contributed by atoms with Crippen LogP contribution in [0.3, 0.4) is 0 Å². The van der Waals surface area contributed by atoms with Crippen molar-refractivity contribution in [1.29, 1.82) is 0 Å². The average molecular weight is 461 g/mol. The molecule has 1 amide bonds. The molecule has 0 unspecified atom stereocenters. The number of carbonyl (C=O) groups excluding carboxylic acids is 1. The van der Waals surface area contributed by atoms with E-state index in [4.69, 9.17) is 21.1 Å². The van der Waals surface area contributed by atoms with Gasteiger partial charge in [0.1, 0.15) is 18.1 Å². The predicted octanol–water partition coefficient (Wildman–Crippen LogP) is 3.96. The van der Waals surface area contributed by atoms with Gasteiger partial charge in [-0.05, 0) is 60.7 Å². The first-order valence-electron chi connectivity index (χ1n) is 9.31. The van der Waals surface area contributed by atoms with Crippen LogP contribution in [0.2, 0.25) is 5.02 Å². The largest absolute Gasteiger partial charge is 0.497 e. The highest BCUT2D eigenvalue weighted by atomic mass is 35.5. The molecule has 162 valence electrons. The van der Waals surface area contributed by atoms with Gasteiger partial charge in [0.15, 0.2) is 0 Å². The number of para-hydroxylation sites is 1. The minimum atomic E-state index is -3.83. The Balaban J connectivity index is 1.52. The number of rotatable bonds is 9. The normalized spacial score (nSPS) is 10.9. The van der Waals surface area contributed by atoms with Crippen molar-refractivity contribution in [1.82, 2.24) is 5.32 Å². The number of methoxy groups -OCH3 is 1. The Hall–Kier alpha value is -3.23. The van der Waals surface area contributed by atoms with Crippen molar-refractivity contribution in [2.45, 2.75) is 4.90 Å². The van der Waals surface area contributed by atoms with Crippen molar-refractivity contribution >= 4 is 33.2 Å². The summed E-state index contributed by atoms with van der Waals surface area (Å²) in [6.07, 6.45) is 0. The summed E-state index contributed by atoms with van der Waals surface area (Å²) in [4.78, 5) is 12.3. The molecule has 0 saturated heterocycles. The van der Waals surface area contributed by atoms with E-state index in [9.17, 15) is 13.2 Å². The average Bonchev–Trinajstić information content (AvgIpc) is 2.78. The van der Waals surface area contributed by atoms with Crippen LogP contribution in [0.15, 0.2) is 77.7 Å². The van der Waals surface area contributed by atoms with Crippen LogP contribution in [0, 0.1) is 0 Å². The number of carbonyl (C=O) groups is 1. The first-order valence-corrected chi connectivity index (χ1v) is 11.2. The molecule has 0 heterocycles. The molecule has 0 atom stereocenters. The van der Waals surface area contributed by atoms with Gasteiger partial charge < -0.3 is 14.8 Å². The highest BCUT2D eigenvalue weighted by Gasteiger charge is 2.16. The molecule has 31 heavy (non-hydrogen) atoms. The highest BCUT2D eigenvalue weighted by molar-refractivity contribution is 7.92. The molecule has 0 bridgehead atoms. The highest BCUT2D eigenvalue weighted by Crippen LogP contribution is 2.24. The van der Waals surface area contributed by atoms with Crippen LogP contribution in [0.25, 0.3) is 0 Å². The molecule has 0 aliphatic rings. The van der Waals surface area contributed by atoms with Crippen LogP contribution in [0.4, 0.5) is 5.69 Å². The van der Waals surface area contributed by atoms with Crippen molar-refractivity contribution < 1.29 is 22.7 Å². The summed E-state index contributed by atoms with van der Waals surface area (Å²) in [7, 11) is -2.24. The Bertz CT molecular complexity index is 1130. The first-order chi connectivity index (χ1) is 14.9. The molecule has 0 spiro atoms. The third-order valence-electron chi connectivity index (χ3n) is 4.26. The molecule has 3 rings (SSSR count). The van der Waals surface area contributed by atoms with E-state index in [0.717, 1.165) is 5.75 Å². The zero-order valence-corrected chi connectivity index (χ0v) is 18.2. The SMILES string of the molecule is COc1ccc(OCCNC(=O)c2ccc(S(=O)(=O)Nc3ccccc3Cl)cc2)cc1. The minimum Gasteiger partial charge on any atom is -0.497 e. The van der Waals surface area contributed by atoms with Crippen molar-refractivity contribution in [2.75, 3.05) is 25.0 Å². The second-order valence-corrected chi connectivity index (χ2v) is 8.48. The topological polar surface area (TPSA) is 93.7 Å². The van der Waals surface area contributed by atoms with Gasteiger partial charge >= 0.3 is 0 Å². The van der Waals surface area contributed by atoms with Crippen molar-refractivity contribution in [2.24, 2.45) is 0 Å². The number of benzene rings is 3. The Labute approximate surface area is 186 Å². The van der Waals surface area contributed by atoms with Crippen LogP contribution in [0.1, 0.15) is 10.4 Å². The molecular weight excluding hydrogens is 440 g/mol. The van der Waals surface area contributed by atoms with Gasteiger partial charge in [-0.15, -0.1) is 0 Å². The number of nitrogens with one attached hydrogen (secondary N) is 2. The quantitative estimate of drug-likeness (QED) is 0.471. The number of hydrogen-bond donors (Lipinski definition) is 2. The van der Waals surface area contributed by atoms with Crippen molar-refractivity contribution in [3.63, 3.8) is 0 Å². The number of sulfonamides is 1. The van der Waals surface area contributed by atoms with Gasteiger partial charge in [-0.1, -0.05) is 23.7 Å². The van der Waals surface area contributed by atoms with E-state index < -0.39 is 10.0 Å². The number of anilines is 1. The maximum Gasteiger partial charge on any atom is 0.261 e. The number of ether oxygens (including phenoxy) is 2. The third kappa shape index (κ3) is 6.13. The lowest BCUT2D eigenvalue weighted by atomic mass is 10.2. The Kier molecular flexibility index (Phi) is 7.38. The number of halogens is 1. The number of hydrogen-bond acceptors (Lipinski definition) is 5. The molecule has 2 N–H and O–H groups in total. The lowest BCUT2D eigenvalue weighted by Gasteiger charge is -2.11. The summed E-state index contributed by atoms with van der Waals surface area (Å²) in [5, 5.41) is 3.02. The fraction of sp³-hybridized carbons (Fsp3) is 0.136. The van der Waals surface area contributed by atoms with Crippen LogP contribution >= 0.6 is 11.6 Å². The van der Waals surface area contributed by atoms with E-state index in [-0.39, 0.29) is 23.1 Å². The smallest absolute Gasteiger partial charge is 0.261 e. The van der Waals surface area contributed by atoms with Crippen LogP contribution in [-0.4, -0.2) is 34.6 Å². The molecule has 7 nitrogen and oxygen atoms in total. The number of amides is 1. The van der Waals surface area contributed by atoms with Gasteiger partial charge in [-0.3, -0.25) is 9.52 Å². The Morgan fingerprint density at radius 1 is 0.935 bits per heavy atom. The van der Waals surface area contributed by atoms with E-state index in [2.05, 4.69) is 10.0 Å². The molecule has 0 saturated carbocycles. The zero-order chi connectivity index (χ0) is 22.3. The molecule has 9 heteroatoms. The van der Waals surface area contributed by atoms with Crippen molar-refractivity contribution in [3.8, 4) is 11.5 Å². The maximum absolute atomic E-state index is 12.5. The van der Waals surface area contributed by atoms with E-state index in [1.54, 1.807) is 55.6 Å². The molecule has 0 aromatic heterocycles. The van der Waals surface area contributed by atoms with Gasteiger partial charge in [0.05, 0.1) is 29.3 Å². The monoisotopic (exact) mass is 460 g/mol. The van der Waals surface area contributed by atoms with Gasteiger partial charge in [0, 0.05) is 5.56 Å². The summed E-state index contributed by atoms with van der Waals surface area (Å²) >= 11 is 6.00. The van der Waals surface area contributed by atoms with E-state index >= 15 is 0 Å². The van der Waals surface area contributed by atoms with Gasteiger partial charge in [-0.25, -0.2) is 8.42 Å². The van der Waals surface area contributed by atoms with E-state index in [1.165, 1.54) is 24.3 Å². The molecule has 0 radical (unpaired) electrons. The summed E-state index contributed by atoms with van der Waals surface area (Å²) in [5.41, 5.74) is 0.615. The van der Waals surface area contributed by atoms with Crippen LogP contribution < -0.4 is 19.5 Å². The fourth-order valence-corrected chi connectivity index (χ4v) is 3.96. The van der Waals surface area contributed by atoms with E-state index in [1.807, 2.05) is 0 Å². The van der Waals surface area contributed by atoms with Crippen LogP contribution in [0.5, 0.6) is 11.5 Å². The van der Waals surface area contributed by atoms with E-state index in [0.29, 0.717) is 22.9 Å². The first kappa shape index (κ1) is 22.5. The second-order valence-electron chi connectivity index (χ2n) is 6.39. The summed E-state index contributed by atoms with van der Waals surface area (Å²) in [5.74, 6) is 1.06. The summed E-state index contributed by atoms with van der Waals surface area (Å²) < 4.78 is 38.1. The fourth-order valence-electron chi connectivity index (χ4n) is 2.64. The lowest BCUT2D eigenvalue weighted by Crippen LogP contribution is -2.28. The van der Waals surface area contributed by atoms with Gasteiger partial charge in [0.25, 0.3) is 15.9 Å². The molecule has 0 aliphatic carbocycles. The maximum atomic E-state index is 12.5. The summed E-state index contributed by atoms with van der Waals surface area (Å²) in [6, 6.07) is 19.3. The van der Waals surface area contributed by atoms with Crippen molar-refractivity contribution in [3.05, 3.63) is 83.4 Å². The summed E-state index contributed by atoms with van der Waals surface area (Å²) in [6.45, 7) is 0.575. The Morgan fingerprint density at radius 2 is 1.58 bits per heavy atom. The lowest BCUT2D eigenvalue weighted by molar-refractivity contribution is 0.0947. The molecule has 3 aromatic rings. The molecule has 0 aliphatic heterocycles. The zero-order valence-electron chi connectivity index (χ0n) is 16.7. The van der Waals surface area contributed by atoms with Gasteiger partial charge in [-0.2, -0.15) is 0 Å². The predicted molar refractivity (Wildman–Crippen MR) is 120 cm³/mol. The Morgan fingerprint density at radius 3 is 2.23 bits per heavy atom. The van der Waals surface area contributed by atoms with Gasteiger partial charge in [0.2, 0.25) is 0 Å². The molecule has 0 fully saturated rings.